The number of ether oxygens (including phenoxy) is 1. The van der Waals surface area contributed by atoms with Crippen molar-refractivity contribution in [2.24, 2.45) is 0 Å². The van der Waals surface area contributed by atoms with Crippen LogP contribution in [-0.4, -0.2) is 17.6 Å². The Bertz CT molecular complexity index is 1200. The molecule has 0 saturated carbocycles. The highest BCUT2D eigenvalue weighted by atomic mass is 35.5. The van der Waals surface area contributed by atoms with Gasteiger partial charge in [-0.15, -0.1) is 0 Å². The van der Waals surface area contributed by atoms with E-state index in [1.807, 2.05) is 60.7 Å². The van der Waals surface area contributed by atoms with E-state index in [0.29, 0.717) is 25.9 Å². The fourth-order valence-corrected chi connectivity index (χ4v) is 4.04. The predicted octanol–water partition coefficient (Wildman–Crippen LogP) is 5.60. The number of nitrogens with one attached hydrogen (secondary N) is 1. The predicted molar refractivity (Wildman–Crippen MR) is 126 cm³/mol. The van der Waals surface area contributed by atoms with Gasteiger partial charge in [0.25, 0.3) is 0 Å². The first-order chi connectivity index (χ1) is 15.2. The molecule has 158 valence electrons. The molecule has 0 aliphatic carbocycles. The molecule has 4 rings (SSSR count). The maximum Gasteiger partial charge on any atom is 0.220 e. The zero-order valence-corrected chi connectivity index (χ0v) is 18.2. The summed E-state index contributed by atoms with van der Waals surface area (Å²) >= 11 is 6.37. The summed E-state index contributed by atoms with van der Waals surface area (Å²) in [5.41, 5.74) is 4.35. The van der Waals surface area contributed by atoms with E-state index in [1.165, 1.54) is 5.39 Å². The molecule has 1 amide bonds. The Hall–Kier alpha value is -3.24. The van der Waals surface area contributed by atoms with Crippen LogP contribution in [0.4, 0.5) is 0 Å². The van der Waals surface area contributed by atoms with Crippen LogP contribution in [0.1, 0.15) is 23.1 Å². The lowest BCUT2D eigenvalue weighted by Gasteiger charge is -2.09. The van der Waals surface area contributed by atoms with Crippen LogP contribution in [0.15, 0.2) is 79.0 Å². The van der Waals surface area contributed by atoms with Crippen molar-refractivity contribution in [3.8, 4) is 5.75 Å². The molecule has 5 heteroatoms. The van der Waals surface area contributed by atoms with E-state index in [9.17, 15) is 4.79 Å². The van der Waals surface area contributed by atoms with Gasteiger partial charge in [-0.2, -0.15) is 0 Å². The molecule has 0 saturated heterocycles. The maximum absolute atomic E-state index is 12.5. The summed E-state index contributed by atoms with van der Waals surface area (Å²) in [5, 5.41) is 4.94. The van der Waals surface area contributed by atoms with Crippen molar-refractivity contribution in [1.82, 2.24) is 9.88 Å². The van der Waals surface area contributed by atoms with Gasteiger partial charge < -0.3 is 14.6 Å². The minimum Gasteiger partial charge on any atom is -0.496 e. The van der Waals surface area contributed by atoms with E-state index in [1.54, 1.807) is 7.11 Å². The number of hydrogen-bond donors (Lipinski definition) is 1. The fourth-order valence-electron chi connectivity index (χ4n) is 3.84. The molecule has 3 aromatic carbocycles. The van der Waals surface area contributed by atoms with Crippen molar-refractivity contribution in [2.45, 2.75) is 25.9 Å². The number of fused-ring (bicyclic) bond motifs is 1. The zero-order valence-electron chi connectivity index (χ0n) is 17.5. The molecule has 1 aromatic heterocycles. The van der Waals surface area contributed by atoms with Gasteiger partial charge >= 0.3 is 0 Å². The number of aromatic nitrogens is 1. The Kier molecular flexibility index (Phi) is 6.58. The van der Waals surface area contributed by atoms with Crippen LogP contribution in [0.2, 0.25) is 5.02 Å². The second-order valence-electron chi connectivity index (χ2n) is 7.48. The number of para-hydroxylation sites is 2. The highest BCUT2D eigenvalue weighted by molar-refractivity contribution is 6.31. The van der Waals surface area contributed by atoms with Gasteiger partial charge in [-0.05, 0) is 35.7 Å². The van der Waals surface area contributed by atoms with Crippen molar-refractivity contribution in [2.75, 3.05) is 7.11 Å². The summed E-state index contributed by atoms with van der Waals surface area (Å²) in [4.78, 5) is 12.5. The Labute approximate surface area is 187 Å². The number of nitrogens with zero attached hydrogens (tertiary/aromatic N) is 1. The number of halogens is 1. The van der Waals surface area contributed by atoms with Gasteiger partial charge in [0.15, 0.2) is 0 Å². The van der Waals surface area contributed by atoms with E-state index in [-0.39, 0.29) is 5.91 Å². The minimum absolute atomic E-state index is 0.0221. The van der Waals surface area contributed by atoms with Gasteiger partial charge in [-0.1, -0.05) is 66.2 Å². The number of hydrogen-bond acceptors (Lipinski definition) is 2. The highest BCUT2D eigenvalue weighted by Gasteiger charge is 2.12. The van der Waals surface area contributed by atoms with Crippen molar-refractivity contribution in [3.05, 3.63) is 101 Å². The number of amides is 1. The summed E-state index contributed by atoms with van der Waals surface area (Å²) < 4.78 is 7.56. The first-order valence-corrected chi connectivity index (χ1v) is 10.7. The summed E-state index contributed by atoms with van der Waals surface area (Å²) in [6.07, 6.45) is 3.24. The first-order valence-electron chi connectivity index (χ1n) is 10.3. The molecule has 4 nitrogen and oxygen atoms in total. The maximum atomic E-state index is 12.5. The smallest absolute Gasteiger partial charge is 0.220 e. The van der Waals surface area contributed by atoms with Gasteiger partial charge in [0, 0.05) is 47.2 Å². The highest BCUT2D eigenvalue weighted by Crippen LogP contribution is 2.25. The number of carbonyl (C=O) groups excluding carboxylic acids is 1. The topological polar surface area (TPSA) is 43.3 Å². The largest absolute Gasteiger partial charge is 0.496 e. The molecule has 0 unspecified atom stereocenters. The molecule has 0 aliphatic heterocycles. The van der Waals surface area contributed by atoms with E-state index < -0.39 is 0 Å². The standard InChI is InChI=1S/C26H25ClN2O2/c1-31-25-13-7-3-8-19(25)16-28-26(30)15-14-20-17-29(24-12-6-4-10-22(20)24)18-21-9-2-5-11-23(21)27/h2-13,17H,14-16,18H2,1H3,(H,28,30). The van der Waals surface area contributed by atoms with Crippen LogP contribution in [0.5, 0.6) is 5.75 Å². The Morgan fingerprint density at radius 1 is 0.935 bits per heavy atom. The van der Waals surface area contributed by atoms with Crippen LogP contribution in [0.3, 0.4) is 0 Å². The van der Waals surface area contributed by atoms with Crippen molar-refractivity contribution < 1.29 is 9.53 Å². The van der Waals surface area contributed by atoms with Gasteiger partial charge in [0.05, 0.1) is 7.11 Å². The molecule has 0 atom stereocenters. The van der Waals surface area contributed by atoms with Gasteiger partial charge in [0.2, 0.25) is 5.91 Å². The molecule has 1 heterocycles. The van der Waals surface area contributed by atoms with Gasteiger partial charge in [-0.3, -0.25) is 4.79 Å². The average molecular weight is 433 g/mol. The van der Waals surface area contributed by atoms with Crippen LogP contribution in [0.25, 0.3) is 10.9 Å². The third-order valence-electron chi connectivity index (χ3n) is 5.46. The lowest BCUT2D eigenvalue weighted by Crippen LogP contribution is -2.23. The monoisotopic (exact) mass is 432 g/mol. The summed E-state index contributed by atoms with van der Waals surface area (Å²) in [6.45, 7) is 1.15. The number of aryl methyl sites for hydroxylation is 1. The van der Waals surface area contributed by atoms with Crippen molar-refractivity contribution in [1.29, 1.82) is 0 Å². The van der Waals surface area contributed by atoms with Crippen LogP contribution in [0, 0.1) is 0 Å². The van der Waals surface area contributed by atoms with Crippen molar-refractivity contribution >= 4 is 28.4 Å². The molecule has 4 aromatic rings. The summed E-state index contributed by atoms with van der Waals surface area (Å²) in [7, 11) is 1.64. The molecule has 0 aliphatic rings. The SMILES string of the molecule is COc1ccccc1CNC(=O)CCc1cn(Cc2ccccc2Cl)c2ccccc12. The first kappa shape index (κ1) is 21.0. The fraction of sp³-hybridized carbons (Fsp3) is 0.192. The number of rotatable bonds is 8. The van der Waals surface area contributed by atoms with E-state index in [4.69, 9.17) is 16.3 Å². The third-order valence-corrected chi connectivity index (χ3v) is 5.83. The van der Waals surface area contributed by atoms with Crippen LogP contribution < -0.4 is 10.1 Å². The van der Waals surface area contributed by atoms with Gasteiger partial charge in [-0.25, -0.2) is 0 Å². The van der Waals surface area contributed by atoms with Crippen LogP contribution in [-0.2, 0) is 24.3 Å². The summed E-state index contributed by atoms with van der Waals surface area (Å²) in [5.74, 6) is 0.805. The van der Waals surface area contributed by atoms with Gasteiger partial charge in [0.1, 0.15) is 5.75 Å². The van der Waals surface area contributed by atoms with Crippen molar-refractivity contribution in [3.63, 3.8) is 0 Å². The van der Waals surface area contributed by atoms with Crippen LogP contribution >= 0.6 is 11.6 Å². The lowest BCUT2D eigenvalue weighted by molar-refractivity contribution is -0.121. The number of carbonyl (C=O) groups is 1. The summed E-state index contributed by atoms with van der Waals surface area (Å²) in [6, 6.07) is 23.9. The van der Waals surface area contributed by atoms with E-state index in [0.717, 1.165) is 33.0 Å². The Balaban J connectivity index is 1.45. The molecule has 0 bridgehead atoms. The molecule has 31 heavy (non-hydrogen) atoms. The second-order valence-corrected chi connectivity index (χ2v) is 7.89. The second kappa shape index (κ2) is 9.71. The number of methoxy groups -OCH3 is 1. The molecule has 0 fully saturated rings. The minimum atomic E-state index is 0.0221. The molecular weight excluding hydrogens is 408 g/mol. The normalized spacial score (nSPS) is 10.9. The molecule has 0 radical (unpaired) electrons. The molecule has 0 spiro atoms. The Morgan fingerprint density at radius 3 is 2.45 bits per heavy atom. The third kappa shape index (κ3) is 4.92. The zero-order chi connectivity index (χ0) is 21.6. The molecule has 1 N–H and O–H groups in total. The van der Waals surface area contributed by atoms with E-state index in [2.05, 4.69) is 28.2 Å². The Morgan fingerprint density at radius 2 is 1.65 bits per heavy atom. The average Bonchev–Trinajstić information content (AvgIpc) is 3.15. The molecular formula is C26H25ClN2O2. The quantitative estimate of drug-likeness (QED) is 0.393. The lowest BCUT2D eigenvalue weighted by atomic mass is 10.1. The van der Waals surface area contributed by atoms with E-state index >= 15 is 0 Å². The number of benzene rings is 3.